The number of H-pyrrole nitrogens is 1. The van der Waals surface area contributed by atoms with E-state index in [1.54, 1.807) is 6.33 Å². The van der Waals surface area contributed by atoms with Gasteiger partial charge in [0.05, 0.1) is 6.33 Å². The van der Waals surface area contributed by atoms with Crippen LogP contribution in [0.1, 0.15) is 0 Å². The minimum Gasteiger partial charge on any atom is -0.373 e. The number of rotatable bonds is 4. The van der Waals surface area contributed by atoms with Gasteiger partial charge >= 0.3 is 0 Å². The van der Waals surface area contributed by atoms with Gasteiger partial charge in [0.1, 0.15) is 27.7 Å². The van der Waals surface area contributed by atoms with Crippen molar-refractivity contribution in [2.24, 2.45) is 0 Å². The number of aromatic amines is 1. The lowest BCUT2D eigenvalue weighted by atomic mass is 10.6. The van der Waals surface area contributed by atoms with Gasteiger partial charge in [-0.15, -0.1) is 0 Å². The summed E-state index contributed by atoms with van der Waals surface area (Å²) in [6.07, 6.45) is 5.05. The molecule has 3 heterocycles. The normalized spacial score (nSPS) is 10.9. The molecule has 2 N–H and O–H groups in total. The molecule has 3 rings (SSSR count). The molecule has 3 aromatic rings. The van der Waals surface area contributed by atoms with Crippen molar-refractivity contribution < 1.29 is 0 Å². The quantitative estimate of drug-likeness (QED) is 0.430. The topological polar surface area (TPSA) is 92.3 Å². The van der Waals surface area contributed by atoms with Crippen molar-refractivity contribution in [1.29, 1.82) is 0 Å². The van der Waals surface area contributed by atoms with E-state index in [1.165, 1.54) is 29.9 Å². The average Bonchev–Trinajstić information content (AvgIpc) is 2.96. The summed E-state index contributed by atoms with van der Waals surface area (Å²) in [5.41, 5.74) is 1.46. The van der Waals surface area contributed by atoms with Gasteiger partial charge in [-0.2, -0.15) is 0 Å². The smallest absolute Gasteiger partial charge is 0.190 e. The largest absolute Gasteiger partial charge is 0.373 e. The Hall–Kier alpha value is -1.87. The Bertz CT molecular complexity index is 720. The predicted molar refractivity (Wildman–Crippen MR) is 79.2 cm³/mol. The van der Waals surface area contributed by atoms with Crippen LogP contribution in [-0.4, -0.2) is 43.2 Å². The lowest BCUT2D eigenvalue weighted by Gasteiger charge is -2.05. The molecule has 102 valence electrons. The fourth-order valence-electron chi connectivity index (χ4n) is 1.59. The Kier molecular flexibility index (Phi) is 3.70. The van der Waals surface area contributed by atoms with E-state index in [2.05, 4.69) is 35.2 Å². The van der Waals surface area contributed by atoms with Crippen LogP contribution in [0, 0.1) is 0 Å². The molecule has 7 nitrogen and oxygen atoms in total. The molecule has 0 amide bonds. The highest BCUT2D eigenvalue weighted by Gasteiger charge is 2.10. The van der Waals surface area contributed by atoms with Crippen LogP contribution >= 0.6 is 23.5 Å². The van der Waals surface area contributed by atoms with E-state index in [4.69, 9.17) is 0 Å². The lowest BCUT2D eigenvalue weighted by molar-refractivity contribution is 0.895. The monoisotopic (exact) mass is 305 g/mol. The van der Waals surface area contributed by atoms with Crippen LogP contribution in [0.25, 0.3) is 11.2 Å². The standard InChI is InChI=1S/C11H11N7S2/c1-12-6-3-7(18-11(17-6)19-2)20-10-8-9(14-4-13-8)15-5-16-10/h3-5H,1-2H3,(H,12,17,18)(H,13,14,15,16). The minimum atomic E-state index is 0.649. The number of fused-ring (bicyclic) bond motifs is 1. The molecule has 0 aliphatic heterocycles. The number of nitrogens with one attached hydrogen (secondary N) is 2. The summed E-state index contributed by atoms with van der Waals surface area (Å²) in [6, 6.07) is 1.88. The van der Waals surface area contributed by atoms with Gasteiger partial charge in [0.15, 0.2) is 10.8 Å². The molecule has 0 fully saturated rings. The first-order valence-electron chi connectivity index (χ1n) is 5.73. The van der Waals surface area contributed by atoms with Gasteiger partial charge in [0.2, 0.25) is 0 Å². The molecule has 0 aliphatic carbocycles. The number of hydrogen-bond acceptors (Lipinski definition) is 8. The number of aromatic nitrogens is 6. The molecule has 0 aliphatic rings. The fourth-order valence-corrected chi connectivity index (χ4v) is 2.88. The van der Waals surface area contributed by atoms with Crippen LogP contribution in [-0.2, 0) is 0 Å². The van der Waals surface area contributed by atoms with E-state index in [9.17, 15) is 0 Å². The highest BCUT2D eigenvalue weighted by molar-refractivity contribution is 7.99. The van der Waals surface area contributed by atoms with Crippen molar-refractivity contribution in [3.63, 3.8) is 0 Å². The molecule has 0 radical (unpaired) electrons. The van der Waals surface area contributed by atoms with Crippen LogP contribution in [0.2, 0.25) is 0 Å². The molecule has 0 atom stereocenters. The highest BCUT2D eigenvalue weighted by Crippen LogP contribution is 2.30. The van der Waals surface area contributed by atoms with E-state index < -0.39 is 0 Å². The first kappa shape index (κ1) is 13.1. The number of nitrogens with zero attached hydrogens (tertiary/aromatic N) is 5. The van der Waals surface area contributed by atoms with Gasteiger partial charge in [-0.3, -0.25) is 0 Å². The second-order valence-corrected chi connectivity index (χ2v) is 5.49. The van der Waals surface area contributed by atoms with Crippen molar-refractivity contribution in [2.45, 2.75) is 15.2 Å². The summed E-state index contributed by atoms with van der Waals surface area (Å²) in [5.74, 6) is 0.779. The summed E-state index contributed by atoms with van der Waals surface area (Å²) < 4.78 is 0. The Balaban J connectivity index is 2.00. The SMILES string of the molecule is CNc1cc(Sc2ncnc3nc[nH]c23)nc(SC)n1. The Morgan fingerprint density at radius 3 is 2.90 bits per heavy atom. The summed E-state index contributed by atoms with van der Waals surface area (Å²) in [6.45, 7) is 0. The van der Waals surface area contributed by atoms with Crippen molar-refractivity contribution in [3.8, 4) is 0 Å². The Morgan fingerprint density at radius 2 is 2.10 bits per heavy atom. The van der Waals surface area contributed by atoms with Crippen molar-refractivity contribution in [3.05, 3.63) is 18.7 Å². The van der Waals surface area contributed by atoms with Gasteiger partial charge in [0, 0.05) is 13.1 Å². The molecule has 0 saturated carbocycles. The van der Waals surface area contributed by atoms with E-state index in [1.807, 2.05) is 19.4 Å². The lowest BCUT2D eigenvalue weighted by Crippen LogP contribution is -1.97. The van der Waals surface area contributed by atoms with E-state index in [0.717, 1.165) is 21.4 Å². The van der Waals surface area contributed by atoms with Crippen LogP contribution in [0.4, 0.5) is 5.82 Å². The van der Waals surface area contributed by atoms with Gasteiger partial charge in [-0.1, -0.05) is 11.8 Å². The maximum Gasteiger partial charge on any atom is 0.190 e. The zero-order chi connectivity index (χ0) is 13.9. The number of hydrogen-bond donors (Lipinski definition) is 2. The molecule has 0 aromatic carbocycles. The fraction of sp³-hybridized carbons (Fsp3) is 0.182. The molecular formula is C11H11N7S2. The first-order chi connectivity index (χ1) is 9.80. The number of thioether (sulfide) groups is 1. The summed E-state index contributed by atoms with van der Waals surface area (Å²) in [7, 11) is 1.83. The van der Waals surface area contributed by atoms with Crippen molar-refractivity contribution >= 4 is 40.5 Å². The van der Waals surface area contributed by atoms with Crippen LogP contribution in [0.5, 0.6) is 0 Å². The van der Waals surface area contributed by atoms with Crippen LogP contribution in [0.15, 0.2) is 33.9 Å². The summed E-state index contributed by atoms with van der Waals surface area (Å²) >= 11 is 2.95. The molecule has 0 unspecified atom stereocenters. The third-order valence-electron chi connectivity index (χ3n) is 2.51. The van der Waals surface area contributed by atoms with E-state index in [-0.39, 0.29) is 0 Å². The van der Waals surface area contributed by atoms with Gasteiger partial charge in [-0.05, 0) is 18.0 Å². The zero-order valence-corrected chi connectivity index (χ0v) is 12.4. The maximum atomic E-state index is 4.47. The Labute approximate surface area is 123 Å². The number of imidazole rings is 1. The van der Waals surface area contributed by atoms with Crippen molar-refractivity contribution in [1.82, 2.24) is 29.9 Å². The van der Waals surface area contributed by atoms with Crippen LogP contribution < -0.4 is 5.32 Å². The number of anilines is 1. The van der Waals surface area contributed by atoms with Gasteiger partial charge in [-0.25, -0.2) is 24.9 Å². The minimum absolute atomic E-state index is 0.649. The van der Waals surface area contributed by atoms with E-state index >= 15 is 0 Å². The second kappa shape index (κ2) is 5.63. The third-order valence-corrected chi connectivity index (χ3v) is 3.98. The molecule has 3 aromatic heterocycles. The molecule has 0 bridgehead atoms. The van der Waals surface area contributed by atoms with Gasteiger partial charge in [0.25, 0.3) is 0 Å². The molecule has 0 spiro atoms. The van der Waals surface area contributed by atoms with E-state index in [0.29, 0.717) is 10.8 Å². The third kappa shape index (κ3) is 2.54. The summed E-state index contributed by atoms with van der Waals surface area (Å²) in [4.78, 5) is 24.3. The highest BCUT2D eigenvalue weighted by atomic mass is 32.2. The maximum absolute atomic E-state index is 4.47. The molecule has 0 saturated heterocycles. The Morgan fingerprint density at radius 1 is 1.20 bits per heavy atom. The second-order valence-electron chi connectivity index (χ2n) is 3.71. The molecular weight excluding hydrogens is 294 g/mol. The van der Waals surface area contributed by atoms with Gasteiger partial charge < -0.3 is 10.3 Å². The average molecular weight is 305 g/mol. The first-order valence-corrected chi connectivity index (χ1v) is 7.77. The molecule has 20 heavy (non-hydrogen) atoms. The van der Waals surface area contributed by atoms with Crippen LogP contribution in [0.3, 0.4) is 0 Å². The predicted octanol–water partition coefficient (Wildman–Crippen LogP) is 2.06. The molecule has 9 heteroatoms. The van der Waals surface area contributed by atoms with Crippen molar-refractivity contribution in [2.75, 3.05) is 18.6 Å². The summed E-state index contributed by atoms with van der Waals surface area (Å²) in [5, 5.41) is 5.36. The zero-order valence-electron chi connectivity index (χ0n) is 10.8.